The predicted octanol–water partition coefficient (Wildman–Crippen LogP) is 4.06. The normalized spacial score (nSPS) is 34.9. The highest BCUT2D eigenvalue weighted by Gasteiger charge is 2.47. The Kier molecular flexibility index (Phi) is 3.42. The van der Waals surface area contributed by atoms with Gasteiger partial charge in [0.15, 0.2) is 0 Å². The summed E-state index contributed by atoms with van der Waals surface area (Å²) in [5.41, 5.74) is 1.28. The lowest BCUT2D eigenvalue weighted by Crippen LogP contribution is -2.48. The van der Waals surface area contributed by atoms with Crippen LogP contribution in [0.2, 0.25) is 0 Å². The van der Waals surface area contributed by atoms with E-state index in [0.717, 1.165) is 12.8 Å². The van der Waals surface area contributed by atoms with E-state index in [0.29, 0.717) is 17.0 Å². The Bertz CT molecular complexity index is 454. The highest BCUT2D eigenvalue weighted by molar-refractivity contribution is 8.00. The number of aryl methyl sites for hydroxylation is 1. The summed E-state index contributed by atoms with van der Waals surface area (Å²) in [6.07, 6.45) is 2.92. The van der Waals surface area contributed by atoms with Gasteiger partial charge in [-0.05, 0) is 37.8 Å². The van der Waals surface area contributed by atoms with Crippen LogP contribution in [0.15, 0.2) is 29.2 Å². The molecule has 4 rings (SSSR count). The van der Waals surface area contributed by atoms with E-state index in [4.69, 9.17) is 11.6 Å². The first-order valence-electron chi connectivity index (χ1n) is 6.55. The SMILES string of the molecule is Cc1ccc(SC2C3CCC(C(=O)C3)C2Cl)cc1. The molecular weight excluding hydrogens is 264 g/mol. The van der Waals surface area contributed by atoms with E-state index in [9.17, 15) is 4.79 Å². The van der Waals surface area contributed by atoms with E-state index < -0.39 is 0 Å². The van der Waals surface area contributed by atoms with Crippen molar-refractivity contribution in [2.24, 2.45) is 11.8 Å². The second-order valence-corrected chi connectivity index (χ2v) is 7.21. The molecule has 18 heavy (non-hydrogen) atoms. The predicted molar refractivity (Wildman–Crippen MR) is 76.3 cm³/mol. The van der Waals surface area contributed by atoms with Crippen LogP contribution in [-0.4, -0.2) is 16.4 Å². The number of hydrogen-bond acceptors (Lipinski definition) is 2. The molecule has 3 aliphatic rings. The number of thioether (sulfide) groups is 1. The molecule has 0 amide bonds. The van der Waals surface area contributed by atoms with E-state index >= 15 is 0 Å². The van der Waals surface area contributed by atoms with Crippen LogP contribution in [0.1, 0.15) is 24.8 Å². The van der Waals surface area contributed by atoms with Gasteiger partial charge in [-0.15, -0.1) is 23.4 Å². The van der Waals surface area contributed by atoms with Gasteiger partial charge in [0.25, 0.3) is 0 Å². The van der Waals surface area contributed by atoms with Crippen LogP contribution in [0.4, 0.5) is 0 Å². The summed E-state index contributed by atoms with van der Waals surface area (Å²) < 4.78 is 0. The van der Waals surface area contributed by atoms with Crippen molar-refractivity contribution in [3.8, 4) is 0 Å². The fourth-order valence-electron chi connectivity index (χ4n) is 3.11. The maximum Gasteiger partial charge on any atom is 0.137 e. The minimum absolute atomic E-state index is 0.0244. The summed E-state index contributed by atoms with van der Waals surface area (Å²) in [7, 11) is 0. The number of alkyl halides is 1. The van der Waals surface area contributed by atoms with Crippen LogP contribution in [-0.2, 0) is 4.79 Å². The van der Waals surface area contributed by atoms with Gasteiger partial charge >= 0.3 is 0 Å². The lowest BCUT2D eigenvalue weighted by Gasteiger charge is -2.44. The summed E-state index contributed by atoms with van der Waals surface area (Å²) in [4.78, 5) is 13.1. The van der Waals surface area contributed by atoms with Gasteiger partial charge in [0.2, 0.25) is 0 Å². The third-order valence-electron chi connectivity index (χ3n) is 4.18. The summed E-state index contributed by atoms with van der Waals surface area (Å²) in [6, 6.07) is 8.59. The van der Waals surface area contributed by atoms with E-state index in [2.05, 4.69) is 31.2 Å². The Morgan fingerprint density at radius 3 is 2.56 bits per heavy atom. The molecule has 0 aromatic heterocycles. The van der Waals surface area contributed by atoms with Crippen molar-refractivity contribution in [3.63, 3.8) is 0 Å². The van der Waals surface area contributed by atoms with Crippen LogP contribution in [0.3, 0.4) is 0 Å². The van der Waals surface area contributed by atoms with Crippen LogP contribution in [0.25, 0.3) is 0 Å². The van der Waals surface area contributed by atoms with Gasteiger partial charge in [-0.1, -0.05) is 17.7 Å². The van der Waals surface area contributed by atoms with Crippen molar-refractivity contribution >= 4 is 29.1 Å². The van der Waals surface area contributed by atoms with Gasteiger partial charge in [0, 0.05) is 22.5 Å². The molecule has 1 nitrogen and oxygen atoms in total. The molecule has 0 aliphatic heterocycles. The van der Waals surface area contributed by atoms with Gasteiger partial charge < -0.3 is 0 Å². The molecule has 3 fully saturated rings. The van der Waals surface area contributed by atoms with E-state index in [1.807, 2.05) is 11.8 Å². The molecule has 0 spiro atoms. The number of fused-ring (bicyclic) bond motifs is 3. The quantitative estimate of drug-likeness (QED) is 0.760. The van der Waals surface area contributed by atoms with Gasteiger partial charge in [-0.3, -0.25) is 4.79 Å². The third-order valence-corrected chi connectivity index (χ3v) is 6.40. The number of rotatable bonds is 2. The molecule has 3 heteroatoms. The highest BCUT2D eigenvalue weighted by atomic mass is 35.5. The molecule has 4 atom stereocenters. The van der Waals surface area contributed by atoms with Crippen molar-refractivity contribution < 1.29 is 4.79 Å². The summed E-state index contributed by atoms with van der Waals surface area (Å²) >= 11 is 8.38. The Morgan fingerprint density at radius 2 is 1.94 bits per heavy atom. The fraction of sp³-hybridized carbons (Fsp3) is 0.533. The van der Waals surface area contributed by atoms with E-state index in [1.165, 1.54) is 16.9 Å². The molecule has 96 valence electrons. The number of carbonyl (C=O) groups is 1. The molecule has 3 aliphatic carbocycles. The molecule has 0 N–H and O–H groups in total. The molecular formula is C15H17ClOS. The average molecular weight is 281 g/mol. The smallest absolute Gasteiger partial charge is 0.137 e. The number of carbonyl (C=O) groups excluding carboxylic acids is 1. The first-order valence-corrected chi connectivity index (χ1v) is 7.87. The monoisotopic (exact) mass is 280 g/mol. The summed E-state index contributed by atoms with van der Waals surface area (Å²) in [5, 5.41) is 0.433. The minimum Gasteiger partial charge on any atom is -0.299 e. The van der Waals surface area contributed by atoms with Crippen molar-refractivity contribution in [2.45, 2.75) is 41.7 Å². The number of ketones is 1. The fourth-order valence-corrected chi connectivity index (χ4v) is 5.09. The Hall–Kier alpha value is -0.470. The number of hydrogen-bond donors (Lipinski definition) is 0. The lowest BCUT2D eigenvalue weighted by molar-refractivity contribution is -0.128. The zero-order valence-corrected chi connectivity index (χ0v) is 12.0. The first kappa shape index (κ1) is 12.6. The second-order valence-electron chi connectivity index (χ2n) is 5.45. The van der Waals surface area contributed by atoms with Crippen LogP contribution < -0.4 is 0 Å². The van der Waals surface area contributed by atoms with Crippen molar-refractivity contribution in [1.82, 2.24) is 0 Å². The van der Waals surface area contributed by atoms with Crippen LogP contribution in [0, 0.1) is 18.8 Å². The maximum absolute atomic E-state index is 11.8. The first-order chi connectivity index (χ1) is 8.65. The summed E-state index contributed by atoms with van der Waals surface area (Å²) in [6.45, 7) is 2.10. The van der Waals surface area contributed by atoms with Crippen LogP contribution >= 0.6 is 23.4 Å². The number of benzene rings is 1. The Labute approximate surface area is 117 Å². The highest BCUT2D eigenvalue weighted by Crippen LogP contribution is 2.48. The van der Waals surface area contributed by atoms with Gasteiger partial charge in [0.1, 0.15) is 5.78 Å². The summed E-state index contributed by atoms with van der Waals surface area (Å²) in [5.74, 6) is 0.989. The molecule has 2 bridgehead atoms. The number of Topliss-reactive ketones (excluding diaryl/α,β-unsaturated/α-hetero) is 1. The average Bonchev–Trinajstić information content (AvgIpc) is 2.36. The molecule has 4 unspecified atom stereocenters. The van der Waals surface area contributed by atoms with Crippen molar-refractivity contribution in [1.29, 1.82) is 0 Å². The zero-order chi connectivity index (χ0) is 12.7. The number of halogens is 1. The molecule has 0 radical (unpaired) electrons. The standard InChI is InChI=1S/C15H17ClOS/c1-9-2-5-11(6-3-9)18-15-10-4-7-12(14(15)16)13(17)8-10/h2-3,5-6,10,12,14-15H,4,7-8H2,1H3. The van der Waals surface area contributed by atoms with Crippen molar-refractivity contribution in [2.75, 3.05) is 0 Å². The topological polar surface area (TPSA) is 17.1 Å². The largest absolute Gasteiger partial charge is 0.299 e. The minimum atomic E-state index is 0.0244. The molecule has 1 aromatic carbocycles. The maximum atomic E-state index is 11.8. The Morgan fingerprint density at radius 1 is 1.22 bits per heavy atom. The Balaban J connectivity index is 1.77. The van der Waals surface area contributed by atoms with Crippen molar-refractivity contribution in [3.05, 3.63) is 29.8 Å². The third kappa shape index (κ3) is 2.21. The molecule has 1 aromatic rings. The van der Waals surface area contributed by atoms with E-state index in [1.54, 1.807) is 0 Å². The molecule has 0 saturated heterocycles. The zero-order valence-electron chi connectivity index (χ0n) is 10.4. The molecule has 0 heterocycles. The van der Waals surface area contributed by atoms with Crippen LogP contribution in [0.5, 0.6) is 0 Å². The van der Waals surface area contributed by atoms with Gasteiger partial charge in [-0.2, -0.15) is 0 Å². The second kappa shape index (κ2) is 4.90. The van der Waals surface area contributed by atoms with Gasteiger partial charge in [0.05, 0.1) is 5.38 Å². The van der Waals surface area contributed by atoms with Gasteiger partial charge in [-0.25, -0.2) is 0 Å². The lowest BCUT2D eigenvalue weighted by atomic mass is 9.69. The van der Waals surface area contributed by atoms with E-state index in [-0.39, 0.29) is 11.3 Å². The molecule has 3 saturated carbocycles.